The Morgan fingerprint density at radius 1 is 1.62 bits per heavy atom. The standard InChI is InChI=1S/C10H9N2O/c1-2-12(8-13)10-5-3-4-9(6-10)7-11/h3-6,8H,1-2H2. The summed E-state index contributed by atoms with van der Waals surface area (Å²) in [5.74, 6) is 0. The van der Waals surface area contributed by atoms with Gasteiger partial charge in [0.2, 0.25) is 6.41 Å². The molecule has 1 amide bonds. The van der Waals surface area contributed by atoms with Crippen LogP contribution in [0.2, 0.25) is 0 Å². The molecule has 1 rings (SSSR count). The zero-order valence-electron chi connectivity index (χ0n) is 7.10. The van der Waals surface area contributed by atoms with E-state index in [9.17, 15) is 4.79 Å². The quantitative estimate of drug-likeness (QED) is 0.647. The monoisotopic (exact) mass is 173 g/mol. The Morgan fingerprint density at radius 2 is 2.38 bits per heavy atom. The van der Waals surface area contributed by atoms with Gasteiger partial charge >= 0.3 is 0 Å². The van der Waals surface area contributed by atoms with Gasteiger partial charge in [0.1, 0.15) is 0 Å². The van der Waals surface area contributed by atoms with Crippen molar-refractivity contribution in [2.45, 2.75) is 0 Å². The summed E-state index contributed by atoms with van der Waals surface area (Å²) >= 11 is 0. The van der Waals surface area contributed by atoms with Crippen LogP contribution >= 0.6 is 0 Å². The summed E-state index contributed by atoms with van der Waals surface area (Å²) in [4.78, 5) is 12.0. The molecule has 0 aliphatic heterocycles. The van der Waals surface area contributed by atoms with Crippen LogP contribution in [0.15, 0.2) is 24.3 Å². The molecule has 0 fully saturated rings. The van der Waals surface area contributed by atoms with E-state index in [0.717, 1.165) is 0 Å². The van der Waals surface area contributed by atoms with Gasteiger partial charge in [-0.3, -0.25) is 4.79 Å². The fraction of sp³-hybridized carbons (Fsp3) is 0.100. The number of rotatable bonds is 3. The van der Waals surface area contributed by atoms with Gasteiger partial charge in [0.05, 0.1) is 11.6 Å². The molecule has 1 aromatic rings. The molecule has 0 saturated heterocycles. The Bertz CT molecular complexity index is 341. The molecule has 0 atom stereocenters. The molecule has 0 N–H and O–H groups in total. The van der Waals surface area contributed by atoms with Crippen LogP contribution in [0.4, 0.5) is 5.69 Å². The maximum absolute atomic E-state index is 10.5. The largest absolute Gasteiger partial charge is 0.315 e. The van der Waals surface area contributed by atoms with Crippen molar-refractivity contribution in [3.05, 3.63) is 36.8 Å². The van der Waals surface area contributed by atoms with Crippen LogP contribution in [0, 0.1) is 18.3 Å². The van der Waals surface area contributed by atoms with Crippen LogP contribution in [0.25, 0.3) is 0 Å². The van der Waals surface area contributed by atoms with E-state index in [-0.39, 0.29) is 0 Å². The Labute approximate surface area is 77.2 Å². The molecule has 0 aliphatic rings. The molecule has 0 heterocycles. The lowest BCUT2D eigenvalue weighted by Crippen LogP contribution is -2.20. The lowest BCUT2D eigenvalue weighted by atomic mass is 10.2. The number of benzene rings is 1. The molecule has 13 heavy (non-hydrogen) atoms. The van der Waals surface area contributed by atoms with Gasteiger partial charge in [-0.2, -0.15) is 5.26 Å². The molecular formula is C10H9N2O. The molecule has 0 aromatic heterocycles. The summed E-state index contributed by atoms with van der Waals surface area (Å²) in [5, 5.41) is 8.62. The van der Waals surface area contributed by atoms with Crippen molar-refractivity contribution in [3.63, 3.8) is 0 Å². The van der Waals surface area contributed by atoms with E-state index >= 15 is 0 Å². The number of hydrogen-bond acceptors (Lipinski definition) is 2. The van der Waals surface area contributed by atoms with Crippen molar-refractivity contribution in [2.24, 2.45) is 0 Å². The predicted molar refractivity (Wildman–Crippen MR) is 49.9 cm³/mol. The number of carbonyl (C=O) groups excluding carboxylic acids is 1. The van der Waals surface area contributed by atoms with Gasteiger partial charge in [0, 0.05) is 12.2 Å². The van der Waals surface area contributed by atoms with Crippen LogP contribution in [-0.4, -0.2) is 13.0 Å². The second-order valence-corrected chi connectivity index (χ2v) is 2.46. The first kappa shape index (κ1) is 9.27. The minimum absolute atomic E-state index is 0.360. The third-order valence-corrected chi connectivity index (χ3v) is 1.68. The van der Waals surface area contributed by atoms with E-state index < -0.39 is 0 Å². The Balaban J connectivity index is 3.01. The van der Waals surface area contributed by atoms with Gasteiger partial charge in [0.15, 0.2) is 0 Å². The van der Waals surface area contributed by atoms with Gasteiger partial charge in [-0.25, -0.2) is 0 Å². The maximum atomic E-state index is 10.5. The number of carbonyl (C=O) groups is 1. The molecule has 0 unspecified atom stereocenters. The van der Waals surface area contributed by atoms with E-state index in [1.807, 2.05) is 6.07 Å². The van der Waals surface area contributed by atoms with Gasteiger partial charge < -0.3 is 4.90 Å². The number of anilines is 1. The van der Waals surface area contributed by atoms with Crippen molar-refractivity contribution >= 4 is 12.1 Å². The number of hydrogen-bond donors (Lipinski definition) is 0. The summed E-state index contributed by atoms with van der Waals surface area (Å²) in [6, 6.07) is 8.85. The fourth-order valence-electron chi connectivity index (χ4n) is 0.997. The normalized spacial score (nSPS) is 8.92. The maximum Gasteiger partial charge on any atom is 0.214 e. The third-order valence-electron chi connectivity index (χ3n) is 1.68. The second kappa shape index (κ2) is 4.27. The van der Waals surface area contributed by atoms with Gasteiger partial charge in [-0.15, -0.1) is 0 Å². The highest BCUT2D eigenvalue weighted by molar-refractivity contribution is 5.75. The van der Waals surface area contributed by atoms with E-state index in [1.54, 1.807) is 24.3 Å². The molecular weight excluding hydrogens is 164 g/mol. The van der Waals surface area contributed by atoms with Crippen LogP contribution in [0.3, 0.4) is 0 Å². The molecule has 0 saturated carbocycles. The highest BCUT2D eigenvalue weighted by Gasteiger charge is 2.01. The minimum Gasteiger partial charge on any atom is -0.315 e. The zero-order chi connectivity index (χ0) is 9.68. The van der Waals surface area contributed by atoms with Gasteiger partial charge in [-0.05, 0) is 25.1 Å². The van der Waals surface area contributed by atoms with E-state index in [4.69, 9.17) is 5.26 Å². The molecule has 0 aliphatic carbocycles. The molecule has 65 valence electrons. The smallest absolute Gasteiger partial charge is 0.214 e. The summed E-state index contributed by atoms with van der Waals surface area (Å²) in [5.41, 5.74) is 1.24. The average Bonchev–Trinajstić information content (AvgIpc) is 2.20. The first-order valence-electron chi connectivity index (χ1n) is 3.83. The van der Waals surface area contributed by atoms with E-state index in [1.165, 1.54) is 4.90 Å². The predicted octanol–water partition coefficient (Wildman–Crippen LogP) is 1.36. The molecule has 3 heteroatoms. The van der Waals surface area contributed by atoms with Crippen molar-refractivity contribution in [1.82, 2.24) is 0 Å². The SMILES string of the molecule is [CH2]CN(C=O)c1cccc(C#N)c1. The Hall–Kier alpha value is -1.82. The first-order valence-corrected chi connectivity index (χ1v) is 3.83. The van der Waals surface area contributed by atoms with Crippen LogP contribution < -0.4 is 4.90 Å². The summed E-state index contributed by atoms with van der Waals surface area (Å²) in [6.45, 7) is 3.96. The van der Waals surface area contributed by atoms with Crippen LogP contribution in [0.5, 0.6) is 0 Å². The van der Waals surface area contributed by atoms with Crippen LogP contribution in [-0.2, 0) is 4.79 Å². The highest BCUT2D eigenvalue weighted by Crippen LogP contribution is 2.13. The van der Waals surface area contributed by atoms with Crippen molar-refractivity contribution in [3.8, 4) is 6.07 Å². The van der Waals surface area contributed by atoms with Crippen molar-refractivity contribution in [2.75, 3.05) is 11.4 Å². The van der Waals surface area contributed by atoms with E-state index in [2.05, 4.69) is 6.92 Å². The molecule has 0 bridgehead atoms. The molecule has 1 aromatic carbocycles. The molecule has 3 nitrogen and oxygen atoms in total. The summed E-state index contributed by atoms with van der Waals surface area (Å²) in [6.07, 6.45) is 0.698. The topological polar surface area (TPSA) is 44.1 Å². The van der Waals surface area contributed by atoms with Crippen LogP contribution in [0.1, 0.15) is 5.56 Å². The number of amides is 1. The van der Waals surface area contributed by atoms with Crippen molar-refractivity contribution in [1.29, 1.82) is 5.26 Å². The average molecular weight is 173 g/mol. The van der Waals surface area contributed by atoms with Gasteiger partial charge in [0.25, 0.3) is 0 Å². The second-order valence-electron chi connectivity index (χ2n) is 2.46. The lowest BCUT2D eigenvalue weighted by molar-refractivity contribution is -0.107. The highest BCUT2D eigenvalue weighted by atomic mass is 16.1. The molecule has 1 radical (unpaired) electrons. The van der Waals surface area contributed by atoms with E-state index in [0.29, 0.717) is 24.2 Å². The fourth-order valence-corrected chi connectivity index (χ4v) is 0.997. The number of nitriles is 1. The third kappa shape index (κ3) is 2.06. The molecule has 0 spiro atoms. The summed E-state index contributed by atoms with van der Waals surface area (Å²) < 4.78 is 0. The minimum atomic E-state index is 0.360. The zero-order valence-corrected chi connectivity index (χ0v) is 7.10. The Kier molecular flexibility index (Phi) is 3.04. The Morgan fingerprint density at radius 3 is 2.92 bits per heavy atom. The lowest BCUT2D eigenvalue weighted by Gasteiger charge is -2.14. The van der Waals surface area contributed by atoms with Crippen molar-refractivity contribution < 1.29 is 4.79 Å². The first-order chi connectivity index (χ1) is 6.31. The van der Waals surface area contributed by atoms with Gasteiger partial charge in [-0.1, -0.05) is 6.07 Å². The number of nitrogens with zero attached hydrogens (tertiary/aromatic N) is 2. The summed E-state index contributed by atoms with van der Waals surface area (Å²) in [7, 11) is 0.